The van der Waals surface area contributed by atoms with Crippen LogP contribution in [0.1, 0.15) is 4.88 Å². The summed E-state index contributed by atoms with van der Waals surface area (Å²) in [7, 11) is 1.96. The number of pyridine rings is 1. The summed E-state index contributed by atoms with van der Waals surface area (Å²) >= 11 is 8.01. The molecular formula is C15H13ClN2S. The summed E-state index contributed by atoms with van der Waals surface area (Å²) in [6.07, 6.45) is 1.81. The summed E-state index contributed by atoms with van der Waals surface area (Å²) in [6, 6.07) is 12.2. The zero-order valence-corrected chi connectivity index (χ0v) is 12.1. The lowest BCUT2D eigenvalue weighted by Gasteiger charge is -2.05. The van der Waals surface area contributed by atoms with E-state index in [2.05, 4.69) is 22.4 Å². The molecule has 3 rings (SSSR count). The number of halogens is 1. The molecular weight excluding hydrogens is 276 g/mol. The van der Waals surface area contributed by atoms with Crippen molar-refractivity contribution in [1.29, 1.82) is 0 Å². The number of benzene rings is 1. The van der Waals surface area contributed by atoms with E-state index in [1.165, 1.54) is 9.75 Å². The Bertz CT molecular complexity index is 721. The molecule has 0 aliphatic carbocycles. The molecule has 3 aromatic rings. The maximum absolute atomic E-state index is 6.22. The first-order valence-corrected chi connectivity index (χ1v) is 7.26. The number of thiophene rings is 1. The van der Waals surface area contributed by atoms with Gasteiger partial charge in [0.2, 0.25) is 0 Å². The van der Waals surface area contributed by atoms with Crippen molar-refractivity contribution in [2.24, 2.45) is 0 Å². The van der Waals surface area contributed by atoms with Gasteiger partial charge in [0, 0.05) is 33.4 Å². The maximum Gasteiger partial charge on any atom is 0.0803 e. The van der Waals surface area contributed by atoms with Crippen LogP contribution < -0.4 is 5.32 Å². The third-order valence-electron chi connectivity index (χ3n) is 2.99. The molecule has 0 aliphatic rings. The fourth-order valence-electron chi connectivity index (χ4n) is 2.13. The molecule has 0 radical (unpaired) electrons. The van der Waals surface area contributed by atoms with Crippen LogP contribution in [0.4, 0.5) is 0 Å². The van der Waals surface area contributed by atoms with Crippen molar-refractivity contribution in [3.05, 3.63) is 52.5 Å². The average Bonchev–Trinajstić information content (AvgIpc) is 2.88. The second-order valence-corrected chi connectivity index (χ2v) is 5.87. The second kappa shape index (κ2) is 5.29. The summed E-state index contributed by atoms with van der Waals surface area (Å²) in [5.74, 6) is 0. The van der Waals surface area contributed by atoms with Gasteiger partial charge in [-0.1, -0.05) is 11.6 Å². The van der Waals surface area contributed by atoms with Crippen LogP contribution in [-0.4, -0.2) is 12.0 Å². The van der Waals surface area contributed by atoms with Gasteiger partial charge in [-0.15, -0.1) is 11.3 Å². The molecule has 2 heterocycles. The molecule has 1 N–H and O–H groups in total. The largest absolute Gasteiger partial charge is 0.315 e. The van der Waals surface area contributed by atoms with E-state index in [1.807, 2.05) is 37.5 Å². The summed E-state index contributed by atoms with van der Waals surface area (Å²) in [5, 5.41) is 4.92. The third-order valence-corrected chi connectivity index (χ3v) is 4.44. The Morgan fingerprint density at radius 2 is 2.11 bits per heavy atom. The van der Waals surface area contributed by atoms with E-state index < -0.39 is 0 Å². The Balaban J connectivity index is 2.16. The molecule has 0 spiro atoms. The smallest absolute Gasteiger partial charge is 0.0803 e. The zero-order chi connectivity index (χ0) is 13.2. The van der Waals surface area contributed by atoms with Gasteiger partial charge in [-0.25, -0.2) is 0 Å². The van der Waals surface area contributed by atoms with E-state index in [-0.39, 0.29) is 0 Å². The predicted molar refractivity (Wildman–Crippen MR) is 82.8 cm³/mol. The zero-order valence-electron chi connectivity index (χ0n) is 10.5. The first-order valence-electron chi connectivity index (χ1n) is 6.06. The molecule has 4 heteroatoms. The highest BCUT2D eigenvalue weighted by molar-refractivity contribution is 7.15. The first kappa shape index (κ1) is 12.6. The van der Waals surface area contributed by atoms with Gasteiger partial charge < -0.3 is 5.32 Å². The molecule has 0 saturated carbocycles. The Labute approximate surface area is 121 Å². The Morgan fingerprint density at radius 3 is 2.95 bits per heavy atom. The summed E-state index contributed by atoms with van der Waals surface area (Å²) in [5.41, 5.74) is 2.11. The highest BCUT2D eigenvalue weighted by Crippen LogP contribution is 2.35. The number of aromatic nitrogens is 1. The van der Waals surface area contributed by atoms with Crippen molar-refractivity contribution in [3.63, 3.8) is 0 Å². The molecule has 0 aliphatic heterocycles. The molecule has 2 aromatic heterocycles. The predicted octanol–water partition coefficient (Wildman–Crippen LogP) is 4.34. The minimum atomic E-state index is 0.749. The van der Waals surface area contributed by atoms with E-state index >= 15 is 0 Å². The van der Waals surface area contributed by atoms with Gasteiger partial charge in [0.25, 0.3) is 0 Å². The Morgan fingerprint density at radius 1 is 1.21 bits per heavy atom. The normalized spacial score (nSPS) is 11.1. The van der Waals surface area contributed by atoms with Crippen LogP contribution in [-0.2, 0) is 6.54 Å². The van der Waals surface area contributed by atoms with Gasteiger partial charge in [0.1, 0.15) is 0 Å². The van der Waals surface area contributed by atoms with Crippen LogP contribution in [0.25, 0.3) is 21.3 Å². The Hall–Kier alpha value is -1.42. The molecule has 0 fully saturated rings. The molecule has 0 bridgehead atoms. The fraction of sp³-hybridized carbons (Fsp3) is 0.133. The standard InChI is InChI=1S/C15H13ClN2S/c1-17-9-10-4-7-14(19-10)12-5-6-13(16)11-3-2-8-18-15(11)12/h2-8,17H,9H2,1H3. The first-order chi connectivity index (χ1) is 9.29. The number of fused-ring (bicyclic) bond motifs is 1. The van der Waals surface area contributed by atoms with Gasteiger partial charge >= 0.3 is 0 Å². The summed E-state index contributed by atoms with van der Waals surface area (Å²) in [6.45, 7) is 0.892. The van der Waals surface area contributed by atoms with E-state index in [1.54, 1.807) is 11.3 Å². The van der Waals surface area contributed by atoms with Crippen LogP contribution in [0.15, 0.2) is 42.6 Å². The van der Waals surface area contributed by atoms with Crippen LogP contribution in [0.2, 0.25) is 5.02 Å². The van der Waals surface area contributed by atoms with Crippen LogP contribution in [0.3, 0.4) is 0 Å². The lowest BCUT2D eigenvalue weighted by Crippen LogP contribution is -2.02. The number of hydrogen-bond donors (Lipinski definition) is 1. The molecule has 2 nitrogen and oxygen atoms in total. The van der Waals surface area contributed by atoms with Gasteiger partial charge in [-0.2, -0.15) is 0 Å². The topological polar surface area (TPSA) is 24.9 Å². The Kier molecular flexibility index (Phi) is 3.51. The van der Waals surface area contributed by atoms with Crippen molar-refractivity contribution < 1.29 is 0 Å². The van der Waals surface area contributed by atoms with Gasteiger partial charge in [-0.05, 0) is 43.4 Å². The van der Waals surface area contributed by atoms with E-state index in [0.29, 0.717) is 0 Å². The SMILES string of the molecule is CNCc1ccc(-c2ccc(Cl)c3cccnc23)s1. The minimum absolute atomic E-state index is 0.749. The van der Waals surface area contributed by atoms with Crippen LogP contribution in [0.5, 0.6) is 0 Å². The van der Waals surface area contributed by atoms with Crippen molar-refractivity contribution >= 4 is 33.8 Å². The number of nitrogens with zero attached hydrogens (tertiary/aromatic N) is 1. The monoisotopic (exact) mass is 288 g/mol. The van der Waals surface area contributed by atoms with Crippen molar-refractivity contribution in [2.75, 3.05) is 7.05 Å². The lowest BCUT2D eigenvalue weighted by atomic mass is 10.1. The highest BCUT2D eigenvalue weighted by atomic mass is 35.5. The van der Waals surface area contributed by atoms with Gasteiger partial charge in [0.15, 0.2) is 0 Å². The van der Waals surface area contributed by atoms with Crippen LogP contribution in [0, 0.1) is 0 Å². The fourth-order valence-corrected chi connectivity index (χ4v) is 3.39. The molecule has 96 valence electrons. The molecule has 0 unspecified atom stereocenters. The quantitative estimate of drug-likeness (QED) is 0.776. The third kappa shape index (κ3) is 2.37. The van der Waals surface area contributed by atoms with Crippen molar-refractivity contribution in [2.45, 2.75) is 6.54 Å². The van der Waals surface area contributed by atoms with E-state index in [4.69, 9.17) is 11.6 Å². The van der Waals surface area contributed by atoms with E-state index in [0.717, 1.165) is 28.0 Å². The minimum Gasteiger partial charge on any atom is -0.315 e. The van der Waals surface area contributed by atoms with Gasteiger partial charge in [0.05, 0.1) is 10.5 Å². The van der Waals surface area contributed by atoms with Gasteiger partial charge in [-0.3, -0.25) is 4.98 Å². The summed E-state index contributed by atoms with van der Waals surface area (Å²) in [4.78, 5) is 7.02. The molecule has 0 atom stereocenters. The molecule has 0 amide bonds. The van der Waals surface area contributed by atoms with E-state index in [9.17, 15) is 0 Å². The number of rotatable bonds is 3. The summed E-state index contributed by atoms with van der Waals surface area (Å²) < 4.78 is 0. The second-order valence-electron chi connectivity index (χ2n) is 4.29. The number of hydrogen-bond acceptors (Lipinski definition) is 3. The van der Waals surface area contributed by atoms with Crippen LogP contribution >= 0.6 is 22.9 Å². The molecule has 1 aromatic carbocycles. The highest BCUT2D eigenvalue weighted by Gasteiger charge is 2.09. The maximum atomic E-state index is 6.22. The number of nitrogens with one attached hydrogen (secondary N) is 1. The van der Waals surface area contributed by atoms with Crippen molar-refractivity contribution in [3.8, 4) is 10.4 Å². The average molecular weight is 289 g/mol. The van der Waals surface area contributed by atoms with Crippen molar-refractivity contribution in [1.82, 2.24) is 10.3 Å². The lowest BCUT2D eigenvalue weighted by molar-refractivity contribution is 0.831. The molecule has 0 saturated heterocycles. The molecule has 19 heavy (non-hydrogen) atoms.